The molecule has 1 fully saturated rings. The van der Waals surface area contributed by atoms with Crippen LogP contribution < -0.4 is 11.1 Å². The summed E-state index contributed by atoms with van der Waals surface area (Å²) in [5, 5.41) is 10.2. The summed E-state index contributed by atoms with van der Waals surface area (Å²) in [5.41, 5.74) is 11.4. The van der Waals surface area contributed by atoms with Crippen molar-refractivity contribution in [3.05, 3.63) is 83.1 Å². The van der Waals surface area contributed by atoms with Gasteiger partial charge in [-0.3, -0.25) is 14.7 Å². The molecule has 2 amide bonds. The van der Waals surface area contributed by atoms with Gasteiger partial charge in [-0.1, -0.05) is 24.3 Å². The van der Waals surface area contributed by atoms with Gasteiger partial charge in [-0.15, -0.1) is 0 Å². The molecule has 4 aromatic rings. The van der Waals surface area contributed by atoms with Gasteiger partial charge in [-0.05, 0) is 61.9 Å². The molecule has 1 aliphatic rings. The van der Waals surface area contributed by atoms with Crippen molar-refractivity contribution < 1.29 is 18.7 Å². The van der Waals surface area contributed by atoms with Gasteiger partial charge in [-0.25, -0.2) is 4.39 Å². The number of methoxy groups -OCH3 is 1. The number of nitrogens with two attached hydrogens (primary N) is 1. The molecule has 2 aromatic carbocycles. The summed E-state index contributed by atoms with van der Waals surface area (Å²) in [5.74, 6) is -0.295. The number of rotatable bonds is 11. The summed E-state index contributed by atoms with van der Waals surface area (Å²) in [6.45, 7) is 4.62. The van der Waals surface area contributed by atoms with Crippen LogP contribution in [0.4, 0.5) is 10.1 Å². The monoisotopic (exact) mass is 574 g/mol. The van der Waals surface area contributed by atoms with Gasteiger partial charge in [0, 0.05) is 74.7 Å². The lowest BCUT2D eigenvalue weighted by Crippen LogP contribution is -2.42. The standard InChI is InChI=1S/C32H39FN6O3/c1-21-27-7-3-8-28(33)31(27)39(14-5-15-42-2)30(21)23-6-4-13-38(20-23)29(40)17-25(34)16-22-9-11-26(12-10-22)37-32(41)24-18-35-36-19-24/h3,7-12,18-19,23,25H,4-6,13-17,20,34H2,1-2H3,(H,35,36)(H,37,41)/t23?,25-/m1/s1. The second kappa shape index (κ2) is 13.3. The molecule has 10 heteroatoms. The van der Waals surface area contributed by atoms with Crippen LogP contribution in [0.1, 0.15) is 58.8 Å². The molecule has 0 radical (unpaired) electrons. The third kappa shape index (κ3) is 6.55. The SMILES string of the molecule is COCCCn1c(C2CCCN(C(=O)C[C@H](N)Cc3ccc(NC(=O)c4cn[nH]c4)cc3)C2)c(C)c2cccc(F)c21. The smallest absolute Gasteiger partial charge is 0.258 e. The van der Waals surface area contributed by atoms with E-state index in [1.165, 1.54) is 18.5 Å². The van der Waals surface area contributed by atoms with E-state index in [1.807, 2.05) is 35.2 Å². The fourth-order valence-electron chi connectivity index (χ4n) is 6.14. The van der Waals surface area contributed by atoms with Crippen LogP contribution in [-0.4, -0.2) is 64.3 Å². The van der Waals surface area contributed by atoms with E-state index in [-0.39, 0.29) is 36.0 Å². The highest BCUT2D eigenvalue weighted by atomic mass is 19.1. The lowest BCUT2D eigenvalue weighted by atomic mass is 9.91. The van der Waals surface area contributed by atoms with Crippen molar-refractivity contribution in [3.8, 4) is 0 Å². The molecule has 2 atom stereocenters. The molecule has 42 heavy (non-hydrogen) atoms. The Morgan fingerprint density at radius 3 is 2.79 bits per heavy atom. The van der Waals surface area contributed by atoms with Crippen LogP contribution in [0.5, 0.6) is 0 Å². The molecule has 0 aliphatic carbocycles. The second-order valence-corrected chi connectivity index (χ2v) is 11.1. The van der Waals surface area contributed by atoms with Crippen LogP contribution in [0.25, 0.3) is 10.9 Å². The van der Waals surface area contributed by atoms with Crippen molar-refractivity contribution in [1.29, 1.82) is 0 Å². The van der Waals surface area contributed by atoms with Crippen LogP contribution in [0.15, 0.2) is 54.9 Å². The Hall–Kier alpha value is -4.02. The summed E-state index contributed by atoms with van der Waals surface area (Å²) in [6.07, 6.45) is 6.41. The minimum Gasteiger partial charge on any atom is -0.385 e. The molecular weight excluding hydrogens is 535 g/mol. The highest BCUT2D eigenvalue weighted by molar-refractivity contribution is 6.03. The molecule has 9 nitrogen and oxygen atoms in total. The Morgan fingerprint density at radius 2 is 2.05 bits per heavy atom. The third-order valence-electron chi connectivity index (χ3n) is 8.13. The normalized spacial score (nSPS) is 16.1. The molecule has 0 bridgehead atoms. The number of amides is 2. The first kappa shape index (κ1) is 29.5. The lowest BCUT2D eigenvalue weighted by molar-refractivity contribution is -0.132. The van der Waals surface area contributed by atoms with E-state index in [0.29, 0.717) is 49.4 Å². The van der Waals surface area contributed by atoms with Crippen LogP contribution in [0.3, 0.4) is 0 Å². The molecule has 3 heterocycles. The number of para-hydroxylation sites is 1. The Bertz CT molecular complexity index is 1520. The number of carbonyl (C=O) groups is 2. The number of fused-ring (bicyclic) bond motifs is 1. The maximum atomic E-state index is 15.0. The largest absolute Gasteiger partial charge is 0.385 e. The number of aromatic amines is 1. The maximum Gasteiger partial charge on any atom is 0.258 e. The van der Waals surface area contributed by atoms with Crippen LogP contribution in [0.2, 0.25) is 0 Å². The van der Waals surface area contributed by atoms with Crippen molar-refractivity contribution in [2.45, 2.75) is 57.5 Å². The number of carbonyl (C=O) groups excluding carboxylic acids is 2. The number of anilines is 1. The van der Waals surface area contributed by atoms with Gasteiger partial charge in [0.15, 0.2) is 0 Å². The first-order valence-corrected chi connectivity index (χ1v) is 14.5. The van der Waals surface area contributed by atoms with Crippen molar-refractivity contribution in [1.82, 2.24) is 19.7 Å². The van der Waals surface area contributed by atoms with Crippen molar-refractivity contribution in [2.75, 3.05) is 32.1 Å². The number of piperidine rings is 1. The van der Waals surface area contributed by atoms with Gasteiger partial charge in [0.05, 0.1) is 17.3 Å². The number of benzene rings is 2. The first-order valence-electron chi connectivity index (χ1n) is 14.5. The van der Waals surface area contributed by atoms with Crippen molar-refractivity contribution in [2.24, 2.45) is 5.73 Å². The Morgan fingerprint density at radius 1 is 1.24 bits per heavy atom. The van der Waals surface area contributed by atoms with E-state index >= 15 is 4.39 Å². The zero-order valence-electron chi connectivity index (χ0n) is 24.2. The van der Waals surface area contributed by atoms with Crippen LogP contribution >= 0.6 is 0 Å². The maximum absolute atomic E-state index is 15.0. The van der Waals surface area contributed by atoms with Crippen molar-refractivity contribution in [3.63, 3.8) is 0 Å². The second-order valence-electron chi connectivity index (χ2n) is 11.1. The molecule has 0 saturated carbocycles. The number of likely N-dealkylation sites (tertiary alicyclic amines) is 1. The highest BCUT2D eigenvalue weighted by Crippen LogP contribution is 2.36. The van der Waals surface area contributed by atoms with E-state index in [0.717, 1.165) is 41.5 Å². The third-order valence-corrected chi connectivity index (χ3v) is 8.13. The van der Waals surface area contributed by atoms with Gasteiger partial charge in [0.25, 0.3) is 5.91 Å². The van der Waals surface area contributed by atoms with Gasteiger partial charge in [-0.2, -0.15) is 5.10 Å². The lowest BCUT2D eigenvalue weighted by Gasteiger charge is -2.34. The molecule has 222 valence electrons. The molecule has 0 spiro atoms. The minimum absolute atomic E-state index is 0.0436. The number of H-pyrrole nitrogens is 1. The van der Waals surface area contributed by atoms with E-state index in [2.05, 4.69) is 27.0 Å². The van der Waals surface area contributed by atoms with Gasteiger partial charge in [0.2, 0.25) is 5.91 Å². The number of nitrogens with zero attached hydrogens (tertiary/aromatic N) is 3. The number of hydrogen-bond acceptors (Lipinski definition) is 5. The fraction of sp³-hybridized carbons (Fsp3) is 0.406. The van der Waals surface area contributed by atoms with E-state index in [4.69, 9.17) is 10.5 Å². The van der Waals surface area contributed by atoms with Crippen molar-refractivity contribution >= 4 is 28.4 Å². The summed E-state index contributed by atoms with van der Waals surface area (Å²) in [7, 11) is 1.68. The van der Waals surface area contributed by atoms with Gasteiger partial charge < -0.3 is 25.3 Å². The highest BCUT2D eigenvalue weighted by Gasteiger charge is 2.30. The predicted octanol–water partition coefficient (Wildman–Crippen LogP) is 4.77. The van der Waals surface area contributed by atoms with Gasteiger partial charge in [0.1, 0.15) is 5.82 Å². The number of ether oxygens (including phenoxy) is 1. The fourth-order valence-corrected chi connectivity index (χ4v) is 6.14. The molecule has 1 saturated heterocycles. The average Bonchev–Trinajstić information content (AvgIpc) is 3.62. The molecule has 4 N–H and O–H groups in total. The Balaban J connectivity index is 1.22. The summed E-state index contributed by atoms with van der Waals surface area (Å²) >= 11 is 0. The van der Waals surface area contributed by atoms with E-state index < -0.39 is 0 Å². The zero-order chi connectivity index (χ0) is 29.6. The van der Waals surface area contributed by atoms with Gasteiger partial charge >= 0.3 is 0 Å². The average molecular weight is 575 g/mol. The predicted molar refractivity (Wildman–Crippen MR) is 161 cm³/mol. The van der Waals surface area contributed by atoms with Crippen LogP contribution in [0, 0.1) is 12.7 Å². The van der Waals surface area contributed by atoms with Crippen LogP contribution in [-0.2, 0) is 22.5 Å². The molecule has 2 aromatic heterocycles. The molecular formula is C32H39FN6O3. The first-order chi connectivity index (χ1) is 20.4. The summed E-state index contributed by atoms with van der Waals surface area (Å²) in [6, 6.07) is 12.4. The topological polar surface area (TPSA) is 118 Å². The van der Waals surface area contributed by atoms with E-state index in [9.17, 15) is 9.59 Å². The number of aryl methyl sites for hydroxylation is 2. The quantitative estimate of drug-likeness (QED) is 0.223. The molecule has 1 unspecified atom stereocenters. The molecule has 5 rings (SSSR count). The zero-order valence-corrected chi connectivity index (χ0v) is 24.2. The number of hydrogen-bond donors (Lipinski definition) is 3. The Labute approximate surface area is 245 Å². The number of nitrogens with one attached hydrogen (secondary N) is 2. The number of aromatic nitrogens is 3. The van der Waals surface area contributed by atoms with E-state index in [1.54, 1.807) is 13.2 Å². The minimum atomic E-state index is -0.333. The summed E-state index contributed by atoms with van der Waals surface area (Å²) in [4.78, 5) is 27.5. The number of halogens is 1. The summed E-state index contributed by atoms with van der Waals surface area (Å²) < 4.78 is 22.4. The molecule has 1 aliphatic heterocycles. The Kier molecular flexibility index (Phi) is 9.34.